The fourth-order valence-corrected chi connectivity index (χ4v) is 8.45. The Morgan fingerprint density at radius 2 is 1.18 bits per heavy atom. The van der Waals surface area contributed by atoms with Gasteiger partial charge in [0.1, 0.15) is 0 Å². The number of rotatable bonds is 2. The molecule has 6 aromatic carbocycles. The Bertz CT molecular complexity index is 2350. The predicted molar refractivity (Wildman–Crippen MR) is 191 cm³/mol. The van der Waals surface area contributed by atoms with Gasteiger partial charge < -0.3 is 4.57 Å². The molecule has 7 aromatic rings. The van der Waals surface area contributed by atoms with Gasteiger partial charge in [-0.25, -0.2) is 0 Å². The molecule has 0 saturated heterocycles. The van der Waals surface area contributed by atoms with Crippen LogP contribution in [0.2, 0.25) is 0 Å². The molecule has 9 rings (SSSR count). The third-order valence-electron chi connectivity index (χ3n) is 9.52. The summed E-state index contributed by atoms with van der Waals surface area (Å²) in [6, 6.07) is 52.9. The SMILES string of the molecule is C=C1/C=C(c2ccc(-c3ccccc3)cc2)\C=C/Sc2ccccc2C12c1ccccc1-n1c3ccccc3c3cccc2c31. The van der Waals surface area contributed by atoms with Gasteiger partial charge in [0.05, 0.1) is 22.1 Å². The molecule has 0 N–H and O–H groups in total. The highest BCUT2D eigenvalue weighted by molar-refractivity contribution is 8.02. The summed E-state index contributed by atoms with van der Waals surface area (Å²) in [5, 5.41) is 4.77. The highest BCUT2D eigenvalue weighted by Gasteiger charge is 2.46. The highest BCUT2D eigenvalue weighted by atomic mass is 32.2. The van der Waals surface area contributed by atoms with Crippen LogP contribution in [0.3, 0.4) is 0 Å². The van der Waals surface area contributed by atoms with Crippen LogP contribution in [0.25, 0.3) is 44.2 Å². The van der Waals surface area contributed by atoms with Crippen LogP contribution >= 0.6 is 11.8 Å². The van der Waals surface area contributed by atoms with Gasteiger partial charge in [-0.15, -0.1) is 0 Å². The molecule has 1 aromatic heterocycles. The zero-order chi connectivity index (χ0) is 30.0. The minimum atomic E-state index is -0.592. The molecule has 0 fully saturated rings. The summed E-state index contributed by atoms with van der Waals surface area (Å²) in [6.45, 7) is 4.96. The van der Waals surface area contributed by atoms with Crippen LogP contribution in [0.4, 0.5) is 0 Å². The molecular formula is C43H29NS. The smallest absolute Gasteiger partial charge is 0.0747 e. The molecule has 0 amide bonds. The molecule has 0 saturated carbocycles. The van der Waals surface area contributed by atoms with Gasteiger partial charge in [-0.2, -0.15) is 0 Å². The molecule has 2 heteroatoms. The molecule has 1 unspecified atom stereocenters. The van der Waals surface area contributed by atoms with E-state index in [1.54, 1.807) is 11.8 Å². The maximum atomic E-state index is 4.96. The van der Waals surface area contributed by atoms with Crippen molar-refractivity contribution in [3.8, 4) is 16.8 Å². The van der Waals surface area contributed by atoms with Crippen LogP contribution < -0.4 is 0 Å². The van der Waals surface area contributed by atoms with Crippen molar-refractivity contribution in [2.75, 3.05) is 0 Å². The maximum absolute atomic E-state index is 4.96. The second-order valence-electron chi connectivity index (χ2n) is 11.8. The largest absolute Gasteiger partial charge is 0.309 e. The van der Waals surface area contributed by atoms with Gasteiger partial charge in [-0.1, -0.05) is 152 Å². The zero-order valence-electron chi connectivity index (χ0n) is 24.7. The monoisotopic (exact) mass is 591 g/mol. The van der Waals surface area contributed by atoms with Gasteiger partial charge in [-0.3, -0.25) is 0 Å². The van der Waals surface area contributed by atoms with Crippen molar-refractivity contribution in [2.45, 2.75) is 10.3 Å². The first-order valence-corrected chi connectivity index (χ1v) is 16.3. The van der Waals surface area contributed by atoms with Crippen molar-refractivity contribution in [3.05, 3.63) is 198 Å². The van der Waals surface area contributed by atoms with Crippen molar-refractivity contribution in [3.63, 3.8) is 0 Å². The first-order chi connectivity index (χ1) is 22.2. The Balaban J connectivity index is 1.34. The Morgan fingerprint density at radius 3 is 2.04 bits per heavy atom. The van der Waals surface area contributed by atoms with Crippen LogP contribution in [0.1, 0.15) is 22.3 Å². The topological polar surface area (TPSA) is 4.93 Å². The number of hydrogen-bond acceptors (Lipinski definition) is 1. The molecule has 45 heavy (non-hydrogen) atoms. The van der Waals surface area contributed by atoms with Crippen molar-refractivity contribution in [1.82, 2.24) is 4.57 Å². The summed E-state index contributed by atoms with van der Waals surface area (Å²) < 4.78 is 2.47. The number of hydrogen-bond donors (Lipinski definition) is 0. The van der Waals surface area contributed by atoms with Crippen molar-refractivity contribution < 1.29 is 0 Å². The van der Waals surface area contributed by atoms with Gasteiger partial charge in [0, 0.05) is 15.7 Å². The van der Waals surface area contributed by atoms with E-state index in [1.807, 2.05) is 0 Å². The number of fused-ring (bicyclic) bond motifs is 9. The predicted octanol–water partition coefficient (Wildman–Crippen LogP) is 11.4. The van der Waals surface area contributed by atoms with Gasteiger partial charge in [0.2, 0.25) is 0 Å². The minimum absolute atomic E-state index is 0.592. The molecular weight excluding hydrogens is 563 g/mol. The zero-order valence-corrected chi connectivity index (χ0v) is 25.5. The van der Waals surface area contributed by atoms with Gasteiger partial charge in [-0.05, 0) is 74.2 Å². The molecule has 2 aliphatic rings. The molecule has 0 aliphatic carbocycles. The summed E-state index contributed by atoms with van der Waals surface area (Å²) in [7, 11) is 0. The first-order valence-electron chi connectivity index (χ1n) is 15.4. The molecule has 2 aliphatic heterocycles. The summed E-state index contributed by atoms with van der Waals surface area (Å²) >= 11 is 1.79. The Labute approximate surface area is 267 Å². The van der Waals surface area contributed by atoms with E-state index < -0.39 is 5.41 Å². The van der Waals surface area contributed by atoms with Crippen molar-refractivity contribution in [1.29, 1.82) is 0 Å². The van der Waals surface area contributed by atoms with Gasteiger partial charge in [0.25, 0.3) is 0 Å². The van der Waals surface area contributed by atoms with E-state index in [4.69, 9.17) is 6.58 Å². The average molecular weight is 592 g/mol. The van der Waals surface area contributed by atoms with Gasteiger partial charge in [0.15, 0.2) is 0 Å². The summed E-state index contributed by atoms with van der Waals surface area (Å²) in [6.07, 6.45) is 4.57. The Morgan fingerprint density at radius 1 is 0.533 bits per heavy atom. The van der Waals surface area contributed by atoms with Crippen LogP contribution in [0.5, 0.6) is 0 Å². The molecule has 0 radical (unpaired) electrons. The fourth-order valence-electron chi connectivity index (χ4n) is 7.58. The lowest BCUT2D eigenvalue weighted by Gasteiger charge is -2.42. The van der Waals surface area contributed by atoms with E-state index in [1.165, 1.54) is 65.8 Å². The normalized spacial score (nSPS) is 18.8. The Kier molecular flexibility index (Phi) is 5.88. The molecule has 1 atom stereocenters. The second kappa shape index (κ2) is 10.1. The number of para-hydroxylation sites is 3. The molecule has 1 nitrogen and oxygen atoms in total. The van der Waals surface area contributed by atoms with E-state index >= 15 is 0 Å². The lowest BCUT2D eigenvalue weighted by atomic mass is 9.62. The second-order valence-corrected chi connectivity index (χ2v) is 12.8. The summed E-state index contributed by atoms with van der Waals surface area (Å²) in [4.78, 5) is 1.24. The summed E-state index contributed by atoms with van der Waals surface area (Å²) in [5.74, 6) is 0. The minimum Gasteiger partial charge on any atom is -0.309 e. The number of thioether (sulfide) groups is 1. The summed E-state index contributed by atoms with van der Waals surface area (Å²) in [5.41, 5.74) is 12.7. The van der Waals surface area contributed by atoms with Crippen LogP contribution in [0, 0.1) is 0 Å². The molecule has 3 heterocycles. The van der Waals surface area contributed by atoms with E-state index in [0.717, 1.165) is 11.1 Å². The fraction of sp³-hybridized carbons (Fsp3) is 0.0233. The standard InChI is InChI=1S/C43H29NS/c1-29-28-33(32-24-22-31(23-25-32)30-12-3-2-4-13-30)26-27-45-41-21-10-7-17-37(41)43(29)36-16-6-9-20-40(36)44-39-19-8-5-14-34(39)35-15-11-18-38(43)42(35)44/h2-28H,1H2/b27-26-,33-28+. The maximum Gasteiger partial charge on any atom is 0.0747 e. The van der Waals surface area contributed by atoms with Gasteiger partial charge >= 0.3 is 0 Å². The third-order valence-corrected chi connectivity index (χ3v) is 10.4. The lowest BCUT2D eigenvalue weighted by Crippen LogP contribution is -2.36. The van der Waals surface area contributed by atoms with E-state index in [2.05, 4.69) is 168 Å². The van der Waals surface area contributed by atoms with Crippen LogP contribution in [0.15, 0.2) is 180 Å². The number of aromatic nitrogens is 1. The first kappa shape index (κ1) is 26.1. The van der Waals surface area contributed by atoms with Crippen molar-refractivity contribution >= 4 is 39.1 Å². The average Bonchev–Trinajstić information content (AvgIpc) is 3.46. The molecule has 0 bridgehead atoms. The third kappa shape index (κ3) is 3.76. The number of nitrogens with zero attached hydrogens (tertiary/aromatic N) is 1. The van der Waals surface area contributed by atoms with E-state index in [-0.39, 0.29) is 0 Å². The molecule has 212 valence electrons. The van der Waals surface area contributed by atoms with Crippen molar-refractivity contribution in [2.24, 2.45) is 0 Å². The number of benzene rings is 6. The van der Waals surface area contributed by atoms with Crippen LogP contribution in [-0.4, -0.2) is 4.57 Å². The van der Waals surface area contributed by atoms with E-state index in [0.29, 0.717) is 0 Å². The quantitative estimate of drug-likeness (QED) is 0.194. The lowest BCUT2D eigenvalue weighted by molar-refractivity contribution is 0.714. The molecule has 1 spiro atoms. The Hall–Kier alpha value is -5.31. The number of allylic oxidation sites excluding steroid dienone is 4. The van der Waals surface area contributed by atoms with Crippen LogP contribution in [-0.2, 0) is 5.41 Å². The highest BCUT2D eigenvalue weighted by Crippen LogP contribution is 2.56. The van der Waals surface area contributed by atoms with E-state index in [9.17, 15) is 0 Å².